The highest BCUT2D eigenvalue weighted by atomic mass is 35.5. The van der Waals surface area contributed by atoms with Crippen molar-refractivity contribution in [3.63, 3.8) is 0 Å². The molecule has 222 valence electrons. The molecule has 0 radical (unpaired) electrons. The van der Waals surface area contributed by atoms with Crippen molar-refractivity contribution in [2.24, 2.45) is 5.41 Å². The van der Waals surface area contributed by atoms with E-state index in [4.69, 9.17) is 21.3 Å². The number of likely N-dealkylation sites (N-methyl/N-ethyl adjacent to an activating group) is 1. The van der Waals surface area contributed by atoms with Crippen molar-refractivity contribution in [3.05, 3.63) is 64.4 Å². The molecule has 0 saturated carbocycles. The van der Waals surface area contributed by atoms with Gasteiger partial charge in [-0.25, -0.2) is 9.37 Å². The summed E-state index contributed by atoms with van der Waals surface area (Å²) in [5.41, 5.74) is -1.16. The van der Waals surface area contributed by atoms with Gasteiger partial charge in [0.1, 0.15) is 23.3 Å². The van der Waals surface area contributed by atoms with E-state index in [1.165, 1.54) is 0 Å². The average molecular weight is 585 g/mol. The molecular formula is C32H42ClFN4O3. The molecule has 7 nitrogen and oxygen atoms in total. The van der Waals surface area contributed by atoms with E-state index in [0.717, 1.165) is 28.4 Å². The second kappa shape index (κ2) is 11.8. The zero-order valence-corrected chi connectivity index (χ0v) is 25.6. The van der Waals surface area contributed by atoms with Crippen molar-refractivity contribution in [1.82, 2.24) is 20.6 Å². The minimum atomic E-state index is -1.54. The Balaban J connectivity index is 1.68. The van der Waals surface area contributed by atoms with Crippen LogP contribution in [0.5, 0.6) is 0 Å². The number of benzene rings is 2. The fourth-order valence-corrected chi connectivity index (χ4v) is 5.89. The van der Waals surface area contributed by atoms with Gasteiger partial charge in [0.05, 0.1) is 23.1 Å². The number of H-pyrrole nitrogens is 1. The van der Waals surface area contributed by atoms with Gasteiger partial charge >= 0.3 is 0 Å². The van der Waals surface area contributed by atoms with Crippen molar-refractivity contribution >= 4 is 34.8 Å². The first-order valence-corrected chi connectivity index (χ1v) is 14.6. The lowest BCUT2D eigenvalue weighted by Crippen LogP contribution is -2.66. The Morgan fingerprint density at radius 1 is 1.22 bits per heavy atom. The van der Waals surface area contributed by atoms with Crippen molar-refractivity contribution in [3.8, 4) is 0 Å². The lowest BCUT2D eigenvalue weighted by atomic mass is 9.72. The largest absolute Gasteiger partial charge is 0.380 e. The van der Waals surface area contributed by atoms with Crippen LogP contribution in [0.2, 0.25) is 5.02 Å². The number of nitrogens with zero attached hydrogens (tertiary/aromatic N) is 1. The van der Waals surface area contributed by atoms with Crippen molar-refractivity contribution in [2.75, 3.05) is 26.3 Å². The van der Waals surface area contributed by atoms with Crippen LogP contribution in [-0.2, 0) is 26.2 Å². The first-order chi connectivity index (χ1) is 19.3. The molecule has 1 aliphatic heterocycles. The highest BCUT2D eigenvalue weighted by Crippen LogP contribution is 2.39. The topological polar surface area (TPSA) is 96.1 Å². The summed E-state index contributed by atoms with van der Waals surface area (Å²) in [5, 5.41) is 6.88. The Kier molecular flexibility index (Phi) is 8.98. The monoisotopic (exact) mass is 584 g/mol. The average Bonchev–Trinajstić information content (AvgIpc) is 3.56. The third kappa shape index (κ3) is 6.20. The number of imidazole rings is 1. The standard InChI is InChI=1S/C32H42ClFN4O3/c1-7-35-18-32(19-39,29(2,3)4)38-28(40)31(14-15-41-20-31)21-12-13-25-26(16-21)37-27(36-25)17-23(30(5,6)34)22-10-8-9-11-24(22)33/h8-13,16,19,23,35H,7,14-15,17-18,20H2,1-6H3,(H,36,37)(H,38,40)/t23?,31?,32-/m1/s1. The SMILES string of the molecule is CCNC[C@](C=O)(NC(=O)C1(c2ccc3nc(CC(c4ccccc4Cl)C(C)(C)F)[nH]c3c2)CCOC1)C(C)(C)C. The quantitative estimate of drug-likeness (QED) is 0.253. The second-order valence-electron chi connectivity index (χ2n) is 12.7. The number of rotatable bonds is 11. The number of carbonyl (C=O) groups excluding carboxylic acids is 2. The number of amides is 1. The third-order valence-corrected chi connectivity index (χ3v) is 8.92. The maximum Gasteiger partial charge on any atom is 0.233 e. The minimum absolute atomic E-state index is 0.205. The van der Waals surface area contributed by atoms with Crippen LogP contribution in [0.25, 0.3) is 11.0 Å². The van der Waals surface area contributed by atoms with Crippen LogP contribution >= 0.6 is 11.6 Å². The predicted octanol–water partition coefficient (Wildman–Crippen LogP) is 5.66. The second-order valence-corrected chi connectivity index (χ2v) is 13.1. The van der Waals surface area contributed by atoms with Crippen LogP contribution in [0.1, 0.15) is 70.8 Å². The number of nitrogens with one attached hydrogen (secondary N) is 3. The third-order valence-electron chi connectivity index (χ3n) is 8.58. The van der Waals surface area contributed by atoms with Gasteiger partial charge in [-0.1, -0.05) is 63.6 Å². The molecule has 2 aromatic carbocycles. The fraction of sp³-hybridized carbons (Fsp3) is 0.531. The van der Waals surface area contributed by atoms with Crippen LogP contribution in [0.4, 0.5) is 4.39 Å². The van der Waals surface area contributed by atoms with Crippen molar-refractivity contribution in [2.45, 2.75) is 76.9 Å². The van der Waals surface area contributed by atoms with Crippen LogP contribution in [0, 0.1) is 5.41 Å². The van der Waals surface area contributed by atoms with Crippen LogP contribution in [-0.4, -0.2) is 59.7 Å². The highest BCUT2D eigenvalue weighted by Gasteiger charge is 2.50. The molecule has 3 N–H and O–H groups in total. The molecule has 3 atom stereocenters. The van der Waals surface area contributed by atoms with E-state index in [1.807, 2.05) is 64.1 Å². The summed E-state index contributed by atoms with van der Waals surface area (Å²) in [5.74, 6) is -0.124. The number of aldehydes is 1. The van der Waals surface area contributed by atoms with Gasteiger partial charge in [-0.2, -0.15) is 0 Å². The van der Waals surface area contributed by atoms with E-state index >= 15 is 4.39 Å². The maximum atomic E-state index is 15.4. The highest BCUT2D eigenvalue weighted by molar-refractivity contribution is 6.31. The van der Waals surface area contributed by atoms with Gasteiger partial charge in [0, 0.05) is 30.5 Å². The van der Waals surface area contributed by atoms with Crippen molar-refractivity contribution < 1.29 is 18.7 Å². The zero-order chi connectivity index (χ0) is 30.1. The number of alkyl halides is 1. The number of aromatic nitrogens is 2. The minimum Gasteiger partial charge on any atom is -0.380 e. The molecule has 1 fully saturated rings. The van der Waals surface area contributed by atoms with Crippen molar-refractivity contribution in [1.29, 1.82) is 0 Å². The number of halogens is 2. The van der Waals surface area contributed by atoms with E-state index < -0.39 is 28.0 Å². The Bertz CT molecular complexity index is 1390. The summed E-state index contributed by atoms with van der Waals surface area (Å²) in [6.07, 6.45) is 1.66. The molecule has 2 unspecified atom stereocenters. The molecule has 1 aliphatic rings. The lowest BCUT2D eigenvalue weighted by Gasteiger charge is -2.43. The molecule has 9 heteroatoms. The number of fused-ring (bicyclic) bond motifs is 1. The van der Waals surface area contributed by atoms with Crippen LogP contribution in [0.3, 0.4) is 0 Å². The lowest BCUT2D eigenvalue weighted by molar-refractivity contribution is -0.134. The summed E-state index contributed by atoms with van der Waals surface area (Å²) >= 11 is 6.45. The normalized spacial score (nSPS) is 20.1. The number of ether oxygens (including phenoxy) is 1. The molecule has 1 amide bonds. The van der Waals surface area contributed by atoms with Crippen LogP contribution < -0.4 is 10.6 Å². The van der Waals surface area contributed by atoms with E-state index in [-0.39, 0.29) is 12.5 Å². The summed E-state index contributed by atoms with van der Waals surface area (Å²) in [7, 11) is 0. The van der Waals surface area contributed by atoms with Crippen LogP contribution in [0.15, 0.2) is 42.5 Å². The molecule has 41 heavy (non-hydrogen) atoms. The van der Waals surface area contributed by atoms with E-state index in [2.05, 4.69) is 15.6 Å². The smallest absolute Gasteiger partial charge is 0.233 e. The van der Waals surface area contributed by atoms with Gasteiger partial charge in [0.2, 0.25) is 5.91 Å². The number of carbonyl (C=O) groups is 2. The summed E-state index contributed by atoms with van der Waals surface area (Å²) in [6, 6.07) is 13.0. The van der Waals surface area contributed by atoms with E-state index in [9.17, 15) is 9.59 Å². The van der Waals surface area contributed by atoms with Gasteiger partial charge in [-0.05, 0) is 61.6 Å². The molecule has 2 heterocycles. The summed E-state index contributed by atoms with van der Waals surface area (Å²) in [4.78, 5) is 34.7. The first-order valence-electron chi connectivity index (χ1n) is 14.3. The Morgan fingerprint density at radius 2 is 1.95 bits per heavy atom. The molecule has 1 aromatic heterocycles. The van der Waals surface area contributed by atoms with E-state index in [1.54, 1.807) is 19.9 Å². The summed E-state index contributed by atoms with van der Waals surface area (Å²) in [6.45, 7) is 12.5. The number of aromatic amines is 1. The molecule has 0 aliphatic carbocycles. The molecule has 4 rings (SSSR count). The first kappa shape index (κ1) is 31.1. The Hall–Kier alpha value is -2.81. The summed E-state index contributed by atoms with van der Waals surface area (Å²) < 4.78 is 21.2. The zero-order valence-electron chi connectivity index (χ0n) is 24.9. The molecule has 0 spiro atoms. The Labute approximate surface area is 247 Å². The predicted molar refractivity (Wildman–Crippen MR) is 161 cm³/mol. The molecule has 0 bridgehead atoms. The van der Waals surface area contributed by atoms with Gasteiger partial charge < -0.3 is 25.1 Å². The maximum absolute atomic E-state index is 15.4. The van der Waals surface area contributed by atoms with Gasteiger partial charge in [0.25, 0.3) is 0 Å². The number of hydrogen-bond acceptors (Lipinski definition) is 5. The Morgan fingerprint density at radius 3 is 2.54 bits per heavy atom. The molecular weight excluding hydrogens is 543 g/mol. The van der Waals surface area contributed by atoms with E-state index in [0.29, 0.717) is 43.4 Å². The molecule has 3 aromatic rings. The van der Waals surface area contributed by atoms with Gasteiger partial charge in [0.15, 0.2) is 0 Å². The van der Waals surface area contributed by atoms with Gasteiger partial charge in [-0.3, -0.25) is 4.79 Å². The fourth-order valence-electron chi connectivity index (χ4n) is 5.62. The molecule has 1 saturated heterocycles. The van der Waals surface area contributed by atoms with Gasteiger partial charge in [-0.15, -0.1) is 0 Å². The number of hydrogen-bond donors (Lipinski definition) is 3.